The van der Waals surface area contributed by atoms with E-state index in [1.165, 1.54) is 25.4 Å². The summed E-state index contributed by atoms with van der Waals surface area (Å²) < 4.78 is 5.60. The van der Waals surface area contributed by atoms with E-state index >= 15 is 0 Å². The summed E-state index contributed by atoms with van der Waals surface area (Å²) in [5.74, 6) is -2.51. The van der Waals surface area contributed by atoms with Gasteiger partial charge in [0.2, 0.25) is 0 Å². The first-order valence-corrected chi connectivity index (χ1v) is 8.06. The highest BCUT2D eigenvalue weighted by Crippen LogP contribution is 2.25. The monoisotopic (exact) mass is 388 g/mol. The fourth-order valence-corrected chi connectivity index (χ4v) is 2.19. The number of carbonyl (C=O) groups excluding carboxylic acids is 3. The molecule has 2 aromatic carbocycles. The SMILES string of the molecule is CNC(=O)C(=O)N/N=C\c1ccc(OCc2ccc(C(=O)[O-])cc2)c(Cl)c1. The second kappa shape index (κ2) is 9.35. The first-order chi connectivity index (χ1) is 12.9. The van der Waals surface area contributed by atoms with Crippen LogP contribution in [0.5, 0.6) is 5.75 Å². The van der Waals surface area contributed by atoms with E-state index in [1.54, 1.807) is 30.3 Å². The van der Waals surface area contributed by atoms with Crippen molar-refractivity contribution < 1.29 is 24.2 Å². The zero-order valence-electron chi connectivity index (χ0n) is 14.2. The van der Waals surface area contributed by atoms with E-state index < -0.39 is 17.8 Å². The number of likely N-dealkylation sites (N-methyl/N-ethyl adjacent to an activating group) is 1. The second-order valence-electron chi connectivity index (χ2n) is 5.24. The van der Waals surface area contributed by atoms with Gasteiger partial charge in [-0.05, 0) is 34.9 Å². The average molecular weight is 389 g/mol. The number of hydrogen-bond acceptors (Lipinski definition) is 6. The Morgan fingerprint density at radius 3 is 2.44 bits per heavy atom. The zero-order valence-corrected chi connectivity index (χ0v) is 14.9. The Morgan fingerprint density at radius 2 is 1.85 bits per heavy atom. The Morgan fingerprint density at radius 1 is 1.15 bits per heavy atom. The van der Waals surface area contributed by atoms with Crippen molar-refractivity contribution in [1.82, 2.24) is 10.7 Å². The van der Waals surface area contributed by atoms with Gasteiger partial charge in [-0.1, -0.05) is 35.9 Å². The molecule has 8 nitrogen and oxygen atoms in total. The molecule has 2 N–H and O–H groups in total. The molecule has 0 fully saturated rings. The molecule has 0 saturated heterocycles. The van der Waals surface area contributed by atoms with Crippen LogP contribution in [0.15, 0.2) is 47.6 Å². The fourth-order valence-electron chi connectivity index (χ4n) is 1.94. The van der Waals surface area contributed by atoms with Crippen LogP contribution < -0.4 is 20.6 Å². The van der Waals surface area contributed by atoms with Crippen molar-refractivity contribution in [2.24, 2.45) is 5.10 Å². The predicted octanol–water partition coefficient (Wildman–Crippen LogP) is 0.479. The van der Waals surface area contributed by atoms with Crippen molar-refractivity contribution in [2.75, 3.05) is 7.05 Å². The van der Waals surface area contributed by atoms with Crippen molar-refractivity contribution in [3.8, 4) is 5.75 Å². The van der Waals surface area contributed by atoms with Crippen LogP contribution in [0.25, 0.3) is 0 Å². The number of aromatic carboxylic acids is 1. The minimum atomic E-state index is -1.24. The maximum absolute atomic E-state index is 11.2. The van der Waals surface area contributed by atoms with Gasteiger partial charge in [-0.3, -0.25) is 9.59 Å². The third-order valence-electron chi connectivity index (χ3n) is 3.35. The Hall–Kier alpha value is -3.39. The highest BCUT2D eigenvalue weighted by atomic mass is 35.5. The minimum Gasteiger partial charge on any atom is -0.545 e. The molecule has 0 aliphatic rings. The molecule has 0 atom stereocenters. The van der Waals surface area contributed by atoms with Crippen LogP contribution in [-0.2, 0) is 16.2 Å². The van der Waals surface area contributed by atoms with Crippen LogP contribution >= 0.6 is 11.6 Å². The summed E-state index contributed by atoms with van der Waals surface area (Å²) in [6.07, 6.45) is 1.33. The molecule has 0 aromatic heterocycles. The van der Waals surface area contributed by atoms with Crippen LogP contribution in [0.2, 0.25) is 5.02 Å². The highest BCUT2D eigenvalue weighted by molar-refractivity contribution is 6.35. The number of nitrogens with one attached hydrogen (secondary N) is 2. The highest BCUT2D eigenvalue weighted by Gasteiger charge is 2.09. The number of halogens is 1. The van der Waals surface area contributed by atoms with E-state index in [0.29, 0.717) is 16.3 Å². The number of amides is 2. The number of carboxylic acid groups (broad SMARTS) is 1. The maximum Gasteiger partial charge on any atom is 0.329 e. The summed E-state index contributed by atoms with van der Waals surface area (Å²) >= 11 is 6.15. The van der Waals surface area contributed by atoms with E-state index in [-0.39, 0.29) is 12.2 Å². The molecule has 0 aliphatic carbocycles. The van der Waals surface area contributed by atoms with E-state index in [9.17, 15) is 19.5 Å². The molecule has 0 unspecified atom stereocenters. The summed E-state index contributed by atoms with van der Waals surface area (Å²) in [6.45, 7) is 0.197. The number of ether oxygens (including phenoxy) is 1. The van der Waals surface area contributed by atoms with Crippen LogP contribution in [0, 0.1) is 0 Å². The molecule has 9 heteroatoms. The lowest BCUT2D eigenvalue weighted by atomic mass is 10.1. The predicted molar refractivity (Wildman–Crippen MR) is 96.4 cm³/mol. The van der Waals surface area contributed by atoms with E-state index in [4.69, 9.17) is 16.3 Å². The molecule has 2 rings (SSSR count). The Balaban J connectivity index is 1.95. The molecule has 0 heterocycles. The Bertz CT molecular complexity index is 881. The summed E-state index contributed by atoms with van der Waals surface area (Å²) in [5.41, 5.74) is 3.51. The Labute approximate surface area is 159 Å². The molecule has 0 spiro atoms. The smallest absolute Gasteiger partial charge is 0.329 e. The number of carboxylic acids is 1. The van der Waals surface area contributed by atoms with Gasteiger partial charge in [-0.15, -0.1) is 0 Å². The van der Waals surface area contributed by atoms with Gasteiger partial charge in [0, 0.05) is 7.05 Å². The van der Waals surface area contributed by atoms with E-state index in [2.05, 4.69) is 15.8 Å². The Kier molecular flexibility index (Phi) is 6.90. The molecule has 2 aromatic rings. The largest absolute Gasteiger partial charge is 0.545 e. The lowest BCUT2D eigenvalue weighted by Crippen LogP contribution is -2.35. The van der Waals surface area contributed by atoms with Gasteiger partial charge in [0.15, 0.2) is 0 Å². The van der Waals surface area contributed by atoms with Gasteiger partial charge in [0.05, 0.1) is 17.2 Å². The van der Waals surface area contributed by atoms with Gasteiger partial charge in [0.1, 0.15) is 12.4 Å². The molecule has 0 bridgehead atoms. The second-order valence-corrected chi connectivity index (χ2v) is 5.65. The average Bonchev–Trinajstić information content (AvgIpc) is 2.66. The van der Waals surface area contributed by atoms with E-state index in [0.717, 1.165) is 5.56 Å². The lowest BCUT2D eigenvalue weighted by molar-refractivity contribution is -0.255. The van der Waals surface area contributed by atoms with Gasteiger partial charge in [0.25, 0.3) is 0 Å². The molecule has 2 amide bonds. The standard InChI is InChI=1S/C18H16ClN3O5/c1-20-16(23)17(24)22-21-9-12-4-7-15(14(19)8-12)27-10-11-2-5-13(6-3-11)18(25)26/h2-9H,10H2,1H3,(H,20,23)(H,22,24)(H,25,26)/p-1/b21-9-. The number of nitrogens with zero attached hydrogens (tertiary/aromatic N) is 1. The molecule has 140 valence electrons. The lowest BCUT2D eigenvalue weighted by Gasteiger charge is -2.09. The first-order valence-electron chi connectivity index (χ1n) is 7.68. The van der Waals surface area contributed by atoms with Crippen molar-refractivity contribution >= 4 is 35.6 Å². The van der Waals surface area contributed by atoms with Crippen molar-refractivity contribution in [1.29, 1.82) is 0 Å². The molecule has 0 aliphatic heterocycles. The number of rotatable bonds is 6. The van der Waals surface area contributed by atoms with Crippen molar-refractivity contribution in [3.05, 3.63) is 64.2 Å². The van der Waals surface area contributed by atoms with Gasteiger partial charge in [-0.2, -0.15) is 5.10 Å². The molecular weight excluding hydrogens is 374 g/mol. The molecule has 0 saturated carbocycles. The first kappa shape index (κ1) is 19.9. The zero-order chi connectivity index (χ0) is 19.8. The quantitative estimate of drug-likeness (QED) is 0.423. The number of hydrazone groups is 1. The fraction of sp³-hybridized carbons (Fsp3) is 0.111. The topological polar surface area (TPSA) is 120 Å². The van der Waals surface area contributed by atoms with Crippen LogP contribution in [0.4, 0.5) is 0 Å². The summed E-state index contributed by atoms with van der Waals surface area (Å²) in [7, 11) is 1.34. The molecule has 27 heavy (non-hydrogen) atoms. The molecule has 0 radical (unpaired) electrons. The van der Waals surface area contributed by atoms with Gasteiger partial charge in [-0.25, -0.2) is 5.43 Å². The number of carbonyl (C=O) groups is 3. The van der Waals surface area contributed by atoms with Crippen LogP contribution in [0.3, 0.4) is 0 Å². The summed E-state index contributed by atoms with van der Waals surface area (Å²) in [4.78, 5) is 33.0. The third kappa shape index (κ3) is 5.82. The molecular formula is C18H15ClN3O5-. The number of hydrogen-bond donors (Lipinski definition) is 2. The number of benzene rings is 2. The van der Waals surface area contributed by atoms with Crippen LogP contribution in [0.1, 0.15) is 21.5 Å². The minimum absolute atomic E-state index is 0.0870. The normalized spacial score (nSPS) is 10.4. The van der Waals surface area contributed by atoms with E-state index in [1.807, 2.05) is 0 Å². The van der Waals surface area contributed by atoms with Crippen LogP contribution in [-0.4, -0.2) is 31.0 Å². The van der Waals surface area contributed by atoms with Gasteiger partial charge < -0.3 is 20.0 Å². The van der Waals surface area contributed by atoms with Crippen molar-refractivity contribution in [2.45, 2.75) is 6.61 Å². The summed E-state index contributed by atoms with van der Waals surface area (Å²) in [5, 5.41) is 16.9. The van der Waals surface area contributed by atoms with Crippen molar-refractivity contribution in [3.63, 3.8) is 0 Å². The van der Waals surface area contributed by atoms with Gasteiger partial charge >= 0.3 is 11.8 Å². The summed E-state index contributed by atoms with van der Waals surface area (Å²) in [6, 6.07) is 11.0. The maximum atomic E-state index is 11.2. The third-order valence-corrected chi connectivity index (χ3v) is 3.65.